The molecule has 2 heterocycles. The first-order valence-corrected chi connectivity index (χ1v) is 13.2. The van der Waals surface area contributed by atoms with Crippen LogP contribution in [0.25, 0.3) is 6.08 Å². The predicted octanol–water partition coefficient (Wildman–Crippen LogP) is 5.77. The molecule has 0 spiro atoms. The lowest BCUT2D eigenvalue weighted by Gasteiger charge is -2.24. The van der Waals surface area contributed by atoms with Gasteiger partial charge in [-0.15, -0.1) is 0 Å². The molecule has 0 saturated carbocycles. The Morgan fingerprint density at radius 1 is 1.18 bits per heavy atom. The van der Waals surface area contributed by atoms with Crippen molar-refractivity contribution in [3.05, 3.63) is 106 Å². The van der Waals surface area contributed by atoms with Gasteiger partial charge in [-0.25, -0.2) is 9.78 Å². The maximum absolute atomic E-state index is 13.5. The molecule has 1 aromatic heterocycles. The second-order valence-corrected chi connectivity index (χ2v) is 9.64. The Kier molecular flexibility index (Phi) is 8.73. The first-order chi connectivity index (χ1) is 18.8. The molecule has 200 valence electrons. The number of ketones is 1. The standard InChI is InChI=1S/C30H28N2O6S/c1-4-16-37-22-13-9-12-21(18-22)25-24(23(33)15-14-20-10-7-6-8-11-20)26(34)28(35)32(25)30-31-19(3)27(39-30)29(36)38-17-5-2/h5-15,18,25,34H,2,4,16-17H2,1,3H3. The number of carbonyl (C=O) groups is 3. The summed E-state index contributed by atoms with van der Waals surface area (Å²) in [7, 11) is 0. The van der Waals surface area contributed by atoms with Crippen molar-refractivity contribution in [3.8, 4) is 5.75 Å². The lowest BCUT2D eigenvalue weighted by atomic mass is 9.95. The number of thiazole rings is 1. The largest absolute Gasteiger partial charge is 0.503 e. The normalized spacial score (nSPS) is 15.2. The summed E-state index contributed by atoms with van der Waals surface area (Å²) >= 11 is 0.948. The molecule has 1 atom stereocenters. The molecule has 1 aliphatic rings. The maximum Gasteiger partial charge on any atom is 0.350 e. The molecule has 1 N–H and O–H groups in total. The second kappa shape index (κ2) is 12.4. The molecule has 0 radical (unpaired) electrons. The molecular weight excluding hydrogens is 516 g/mol. The molecule has 8 nitrogen and oxygen atoms in total. The summed E-state index contributed by atoms with van der Waals surface area (Å²) in [6.45, 7) is 7.67. The van der Waals surface area contributed by atoms with E-state index in [1.807, 2.05) is 37.3 Å². The number of ether oxygens (including phenoxy) is 2. The Morgan fingerprint density at radius 3 is 2.67 bits per heavy atom. The van der Waals surface area contributed by atoms with Gasteiger partial charge in [0.2, 0.25) is 0 Å². The quantitative estimate of drug-likeness (QED) is 0.186. The molecule has 0 bridgehead atoms. The van der Waals surface area contributed by atoms with Crippen molar-refractivity contribution in [2.24, 2.45) is 0 Å². The summed E-state index contributed by atoms with van der Waals surface area (Å²) in [5, 5.41) is 11.1. The number of aromatic nitrogens is 1. The van der Waals surface area contributed by atoms with Crippen molar-refractivity contribution in [1.82, 2.24) is 4.98 Å². The highest BCUT2D eigenvalue weighted by Gasteiger charge is 2.45. The SMILES string of the molecule is C=CCOC(=O)c1sc(N2C(=O)C(O)=C(C(=O)C=Cc3ccccc3)C2c2cccc(OCCC)c2)nc1C. The average molecular weight is 545 g/mol. The number of nitrogens with zero attached hydrogens (tertiary/aromatic N) is 2. The third kappa shape index (κ3) is 5.99. The maximum atomic E-state index is 13.5. The third-order valence-electron chi connectivity index (χ3n) is 5.86. The van der Waals surface area contributed by atoms with Gasteiger partial charge >= 0.3 is 5.97 Å². The van der Waals surface area contributed by atoms with Gasteiger partial charge in [-0.1, -0.05) is 79.5 Å². The van der Waals surface area contributed by atoms with Gasteiger partial charge in [0.25, 0.3) is 5.91 Å². The van der Waals surface area contributed by atoms with Crippen LogP contribution in [0.3, 0.4) is 0 Å². The van der Waals surface area contributed by atoms with Gasteiger partial charge in [0, 0.05) is 0 Å². The zero-order valence-corrected chi connectivity index (χ0v) is 22.4. The Balaban J connectivity index is 1.78. The zero-order chi connectivity index (χ0) is 27.9. The highest BCUT2D eigenvalue weighted by atomic mass is 32.1. The summed E-state index contributed by atoms with van der Waals surface area (Å²) in [6, 6.07) is 15.2. The van der Waals surface area contributed by atoms with E-state index in [4.69, 9.17) is 9.47 Å². The lowest BCUT2D eigenvalue weighted by Crippen LogP contribution is -2.30. The first kappa shape index (κ1) is 27.5. The smallest absolute Gasteiger partial charge is 0.350 e. The second-order valence-electron chi connectivity index (χ2n) is 8.67. The molecule has 1 unspecified atom stereocenters. The number of hydrogen-bond donors (Lipinski definition) is 1. The van der Waals surface area contributed by atoms with Crippen LogP contribution in [0.2, 0.25) is 0 Å². The fraction of sp³-hybridized carbons (Fsp3) is 0.200. The number of carbonyl (C=O) groups excluding carboxylic acids is 3. The fourth-order valence-electron chi connectivity index (χ4n) is 4.06. The number of benzene rings is 2. The van der Waals surface area contributed by atoms with Gasteiger partial charge < -0.3 is 14.6 Å². The van der Waals surface area contributed by atoms with Gasteiger partial charge in [0.05, 0.1) is 23.9 Å². The van der Waals surface area contributed by atoms with Crippen LogP contribution in [0.15, 0.2) is 84.7 Å². The number of aryl methyl sites for hydroxylation is 1. The lowest BCUT2D eigenvalue weighted by molar-refractivity contribution is -0.117. The molecule has 1 amide bonds. The molecule has 0 saturated heterocycles. The molecule has 2 aromatic carbocycles. The van der Waals surface area contributed by atoms with E-state index in [1.54, 1.807) is 37.3 Å². The first-order valence-electron chi connectivity index (χ1n) is 12.4. The molecule has 4 rings (SSSR count). The van der Waals surface area contributed by atoms with Gasteiger partial charge in [0.1, 0.15) is 17.2 Å². The third-order valence-corrected chi connectivity index (χ3v) is 6.99. The number of allylic oxidation sites excluding steroid dienone is 1. The van der Waals surface area contributed by atoms with Crippen molar-refractivity contribution in [3.63, 3.8) is 0 Å². The van der Waals surface area contributed by atoms with Crippen molar-refractivity contribution >= 4 is 40.2 Å². The van der Waals surface area contributed by atoms with E-state index in [2.05, 4.69) is 11.6 Å². The summed E-state index contributed by atoms with van der Waals surface area (Å²) in [4.78, 5) is 45.4. The Hall–Kier alpha value is -4.50. The van der Waals surface area contributed by atoms with Gasteiger partial charge in [-0.3, -0.25) is 14.5 Å². The molecule has 0 fully saturated rings. The van der Waals surface area contributed by atoms with Crippen LogP contribution in [0.5, 0.6) is 5.75 Å². The van der Waals surface area contributed by atoms with Crippen LogP contribution in [0.1, 0.15) is 45.9 Å². The van der Waals surface area contributed by atoms with Crippen LogP contribution < -0.4 is 9.64 Å². The van der Waals surface area contributed by atoms with Crippen LogP contribution in [0, 0.1) is 6.92 Å². The number of rotatable bonds is 11. The van der Waals surface area contributed by atoms with E-state index in [0.29, 0.717) is 23.6 Å². The molecule has 1 aliphatic heterocycles. The monoisotopic (exact) mass is 544 g/mol. The van der Waals surface area contributed by atoms with Gasteiger partial charge in [-0.2, -0.15) is 0 Å². The highest BCUT2D eigenvalue weighted by Crippen LogP contribution is 2.43. The zero-order valence-electron chi connectivity index (χ0n) is 21.6. The Labute approximate surface area is 230 Å². The van der Waals surface area contributed by atoms with E-state index in [0.717, 1.165) is 23.3 Å². The van der Waals surface area contributed by atoms with Crippen LogP contribution in [-0.4, -0.2) is 41.0 Å². The highest BCUT2D eigenvalue weighted by molar-refractivity contribution is 7.17. The van der Waals surface area contributed by atoms with Crippen molar-refractivity contribution in [1.29, 1.82) is 0 Å². The fourth-order valence-corrected chi connectivity index (χ4v) is 5.05. The summed E-state index contributed by atoms with van der Waals surface area (Å²) in [5.41, 5.74) is 1.60. The topological polar surface area (TPSA) is 106 Å². The summed E-state index contributed by atoms with van der Waals surface area (Å²) in [5.74, 6) is -2.05. The number of hydrogen-bond acceptors (Lipinski definition) is 8. The van der Waals surface area contributed by atoms with E-state index in [9.17, 15) is 19.5 Å². The summed E-state index contributed by atoms with van der Waals surface area (Å²) < 4.78 is 10.9. The molecule has 39 heavy (non-hydrogen) atoms. The minimum absolute atomic E-state index is 0.0239. The summed E-state index contributed by atoms with van der Waals surface area (Å²) in [6.07, 6.45) is 5.20. The molecular formula is C30H28N2O6S. The molecule has 0 aliphatic carbocycles. The van der Waals surface area contributed by atoms with E-state index in [1.165, 1.54) is 17.1 Å². The van der Waals surface area contributed by atoms with Crippen molar-refractivity contribution < 1.29 is 29.0 Å². The van der Waals surface area contributed by atoms with E-state index < -0.39 is 29.5 Å². The van der Waals surface area contributed by atoms with Gasteiger partial charge in [-0.05, 0) is 42.7 Å². The number of aliphatic hydroxyl groups is 1. The average Bonchev–Trinajstić information content (AvgIpc) is 3.46. The van der Waals surface area contributed by atoms with Crippen molar-refractivity contribution in [2.45, 2.75) is 26.3 Å². The minimum atomic E-state index is -1.00. The van der Waals surface area contributed by atoms with Crippen molar-refractivity contribution in [2.75, 3.05) is 18.1 Å². The van der Waals surface area contributed by atoms with E-state index >= 15 is 0 Å². The number of anilines is 1. The van der Waals surface area contributed by atoms with Crippen LogP contribution >= 0.6 is 11.3 Å². The Bertz CT molecular complexity index is 1460. The Morgan fingerprint density at radius 2 is 1.95 bits per heavy atom. The number of esters is 1. The minimum Gasteiger partial charge on any atom is -0.503 e. The van der Waals surface area contributed by atoms with E-state index in [-0.39, 0.29) is 22.2 Å². The molecule has 3 aromatic rings. The van der Waals surface area contributed by atoms with Crippen LogP contribution in [-0.2, 0) is 14.3 Å². The number of aliphatic hydroxyl groups excluding tert-OH is 1. The van der Waals surface area contributed by atoms with Gasteiger partial charge in [0.15, 0.2) is 16.7 Å². The number of amides is 1. The predicted molar refractivity (Wildman–Crippen MR) is 150 cm³/mol. The molecule has 9 heteroatoms. The van der Waals surface area contributed by atoms with Crippen LogP contribution in [0.4, 0.5) is 5.13 Å².